The van der Waals surface area contributed by atoms with Gasteiger partial charge in [-0.25, -0.2) is 4.39 Å². The van der Waals surface area contributed by atoms with Crippen molar-refractivity contribution >= 4 is 45.7 Å². The Kier molecular flexibility index (Phi) is 14.1. The molecule has 2 fully saturated rings. The number of fused-ring (bicyclic) bond motifs is 2. The predicted octanol–water partition coefficient (Wildman–Crippen LogP) is 9.14. The molecule has 8 rings (SSSR count). The van der Waals surface area contributed by atoms with Crippen molar-refractivity contribution in [1.82, 2.24) is 9.80 Å². The lowest BCUT2D eigenvalue weighted by molar-refractivity contribution is -0.111. The molecular weight excluding hydrogens is 732 g/mol. The molecule has 4 N–H and O–H groups in total. The van der Waals surface area contributed by atoms with Crippen LogP contribution in [0.3, 0.4) is 0 Å². The monoisotopic (exact) mass is 786 g/mol. The van der Waals surface area contributed by atoms with Crippen molar-refractivity contribution < 1.29 is 23.5 Å². The maximum atomic E-state index is 13.3. The number of benzene rings is 4. The third kappa shape index (κ3) is 11.0. The van der Waals surface area contributed by atoms with Gasteiger partial charge in [0.05, 0.1) is 30.0 Å². The number of amides is 2. The summed E-state index contributed by atoms with van der Waals surface area (Å²) >= 11 is 0. The molecule has 0 aromatic heterocycles. The van der Waals surface area contributed by atoms with Crippen LogP contribution in [0.25, 0.3) is 11.1 Å². The van der Waals surface area contributed by atoms with Crippen molar-refractivity contribution in [3.05, 3.63) is 120 Å². The summed E-state index contributed by atoms with van der Waals surface area (Å²) in [6.07, 6.45) is 13.5. The number of nitrogens with one attached hydrogen (secondary N) is 4. The molecule has 4 aliphatic heterocycles. The van der Waals surface area contributed by atoms with E-state index in [4.69, 9.17) is 9.47 Å². The highest BCUT2D eigenvalue weighted by atomic mass is 19.1. The highest BCUT2D eigenvalue weighted by Crippen LogP contribution is 2.35. The zero-order valence-corrected chi connectivity index (χ0v) is 33.5. The Morgan fingerprint density at radius 1 is 0.638 bits per heavy atom. The van der Waals surface area contributed by atoms with Crippen LogP contribution in [0.5, 0.6) is 11.5 Å². The number of aryl methyl sites for hydroxylation is 1. The number of anilines is 4. The summed E-state index contributed by atoms with van der Waals surface area (Å²) < 4.78 is 25.0. The lowest BCUT2D eigenvalue weighted by Crippen LogP contribution is -2.31. The SMILES string of the molecule is Cc1cccc2c1/C(=C\Nc1ccc(OCCCN3CCCCC3)cc1)C(=O)N2.O=C1Nc2cc(F)ccc2/C1=C\Nc1ccc(OCCCN2CCCCC2)cc1. The normalized spacial score (nSPS) is 17.8. The van der Waals surface area contributed by atoms with Crippen LogP contribution < -0.4 is 30.7 Å². The van der Waals surface area contributed by atoms with Gasteiger partial charge in [-0.1, -0.05) is 25.0 Å². The summed E-state index contributed by atoms with van der Waals surface area (Å²) in [6.45, 7) is 10.6. The fourth-order valence-corrected chi connectivity index (χ4v) is 7.81. The Hall–Kier alpha value is -5.65. The van der Waals surface area contributed by atoms with Gasteiger partial charge < -0.3 is 40.5 Å². The Morgan fingerprint density at radius 2 is 1.16 bits per heavy atom. The third-order valence-electron chi connectivity index (χ3n) is 10.9. The van der Waals surface area contributed by atoms with E-state index >= 15 is 0 Å². The Balaban J connectivity index is 0.000000177. The summed E-state index contributed by atoms with van der Waals surface area (Å²) in [5.74, 6) is 1.02. The van der Waals surface area contributed by atoms with E-state index in [1.54, 1.807) is 18.5 Å². The van der Waals surface area contributed by atoms with Crippen LogP contribution in [-0.4, -0.2) is 74.1 Å². The Morgan fingerprint density at radius 3 is 1.72 bits per heavy atom. The molecule has 0 spiro atoms. The van der Waals surface area contributed by atoms with Crippen molar-refractivity contribution in [1.29, 1.82) is 0 Å². The average Bonchev–Trinajstić information content (AvgIpc) is 3.75. The van der Waals surface area contributed by atoms with Crippen LogP contribution >= 0.6 is 0 Å². The van der Waals surface area contributed by atoms with E-state index in [0.717, 1.165) is 72.2 Å². The van der Waals surface area contributed by atoms with Gasteiger partial charge in [0.25, 0.3) is 11.8 Å². The van der Waals surface area contributed by atoms with Crippen molar-refractivity contribution in [3.8, 4) is 11.5 Å². The Bertz CT molecular complexity index is 2070. The minimum absolute atomic E-state index is 0.0736. The van der Waals surface area contributed by atoms with Crippen molar-refractivity contribution in [2.24, 2.45) is 0 Å². The topological polar surface area (TPSA) is 107 Å². The number of rotatable bonds is 14. The molecule has 2 saturated heterocycles. The standard InChI is InChI=1S/C24H29N3O2.C23H26FN3O2/c1-18-7-5-8-22-23(18)21(24(28)26-22)17-25-19-9-11-20(12-10-19)29-16-6-15-27-13-3-2-4-14-27;24-17-5-10-20-21(23(28)26-22(20)15-17)16-25-18-6-8-19(9-7-18)29-14-4-13-27-11-2-1-3-12-27/h5,7-12,17,25H,2-4,6,13-16H2,1H3,(H,26,28);5-10,15-16,25H,1-4,11-14H2,(H,26,28)/b21-17+;21-16+. The molecule has 58 heavy (non-hydrogen) atoms. The van der Waals surface area contributed by atoms with Crippen LogP contribution in [0.1, 0.15) is 68.1 Å². The number of halogens is 1. The molecule has 4 aliphatic rings. The zero-order valence-electron chi connectivity index (χ0n) is 33.5. The number of likely N-dealkylation sites (tertiary alicyclic amines) is 2. The first-order valence-corrected chi connectivity index (χ1v) is 20.8. The van der Waals surface area contributed by atoms with Gasteiger partial charge in [0, 0.05) is 53.7 Å². The molecule has 4 aromatic carbocycles. The van der Waals surface area contributed by atoms with Gasteiger partial charge in [-0.2, -0.15) is 0 Å². The van der Waals surface area contributed by atoms with E-state index in [1.165, 1.54) is 76.8 Å². The summed E-state index contributed by atoms with van der Waals surface area (Å²) in [5, 5.41) is 12.0. The number of carbonyl (C=O) groups excluding carboxylic acids is 2. The quantitative estimate of drug-likeness (QED) is 0.0741. The first kappa shape index (κ1) is 40.5. The van der Waals surface area contributed by atoms with Gasteiger partial charge >= 0.3 is 0 Å². The third-order valence-corrected chi connectivity index (χ3v) is 10.9. The largest absolute Gasteiger partial charge is 0.494 e. The van der Waals surface area contributed by atoms with Crippen molar-refractivity contribution in [2.45, 2.75) is 58.3 Å². The first-order valence-electron chi connectivity index (χ1n) is 20.8. The fourth-order valence-electron chi connectivity index (χ4n) is 7.81. The van der Waals surface area contributed by atoms with Gasteiger partial charge in [0.2, 0.25) is 0 Å². The molecule has 0 atom stereocenters. The van der Waals surface area contributed by atoms with E-state index in [1.807, 2.05) is 73.7 Å². The zero-order chi connectivity index (χ0) is 40.1. The summed E-state index contributed by atoms with van der Waals surface area (Å²) in [7, 11) is 0. The minimum atomic E-state index is -0.371. The van der Waals surface area contributed by atoms with Crippen LogP contribution in [0, 0.1) is 12.7 Å². The molecule has 304 valence electrons. The molecule has 2 amide bonds. The van der Waals surface area contributed by atoms with Crippen LogP contribution in [0.15, 0.2) is 97.3 Å². The van der Waals surface area contributed by atoms with E-state index in [2.05, 4.69) is 31.1 Å². The maximum Gasteiger partial charge on any atom is 0.257 e. The second-order valence-corrected chi connectivity index (χ2v) is 15.3. The van der Waals surface area contributed by atoms with Gasteiger partial charge in [-0.3, -0.25) is 9.59 Å². The van der Waals surface area contributed by atoms with E-state index in [0.29, 0.717) is 29.0 Å². The molecule has 0 unspecified atom stereocenters. The second-order valence-electron chi connectivity index (χ2n) is 15.3. The number of hydrogen-bond acceptors (Lipinski definition) is 8. The molecule has 0 radical (unpaired) electrons. The molecule has 0 saturated carbocycles. The number of carbonyl (C=O) groups is 2. The van der Waals surface area contributed by atoms with E-state index < -0.39 is 0 Å². The molecular formula is C47H55FN6O4. The lowest BCUT2D eigenvalue weighted by atomic mass is 10.0. The molecule has 4 heterocycles. The van der Waals surface area contributed by atoms with E-state index in [-0.39, 0.29) is 17.6 Å². The highest BCUT2D eigenvalue weighted by Gasteiger charge is 2.26. The number of ether oxygens (including phenoxy) is 2. The smallest absolute Gasteiger partial charge is 0.257 e. The maximum absolute atomic E-state index is 13.3. The Labute approximate surface area is 341 Å². The number of piperidine rings is 2. The second kappa shape index (κ2) is 20.2. The molecule has 10 nitrogen and oxygen atoms in total. The summed E-state index contributed by atoms with van der Waals surface area (Å²) in [4.78, 5) is 29.4. The predicted molar refractivity (Wildman–Crippen MR) is 232 cm³/mol. The first-order chi connectivity index (χ1) is 28.4. The average molecular weight is 787 g/mol. The molecule has 11 heteroatoms. The van der Waals surface area contributed by atoms with Crippen LogP contribution in [-0.2, 0) is 9.59 Å². The lowest BCUT2D eigenvalue weighted by Gasteiger charge is -2.26. The highest BCUT2D eigenvalue weighted by molar-refractivity contribution is 6.32. The minimum Gasteiger partial charge on any atom is -0.494 e. The van der Waals surface area contributed by atoms with Crippen LogP contribution in [0.2, 0.25) is 0 Å². The molecule has 0 bridgehead atoms. The van der Waals surface area contributed by atoms with Crippen molar-refractivity contribution in [2.75, 3.05) is 73.7 Å². The van der Waals surface area contributed by atoms with Crippen molar-refractivity contribution in [3.63, 3.8) is 0 Å². The summed E-state index contributed by atoms with van der Waals surface area (Å²) in [5.41, 5.74) is 7.04. The van der Waals surface area contributed by atoms with Gasteiger partial charge in [-0.15, -0.1) is 0 Å². The molecule has 0 aliphatic carbocycles. The molecule has 4 aromatic rings. The van der Waals surface area contributed by atoms with Crippen LogP contribution in [0.4, 0.5) is 27.1 Å². The van der Waals surface area contributed by atoms with Gasteiger partial charge in [0.15, 0.2) is 0 Å². The number of hydrogen-bond donors (Lipinski definition) is 4. The van der Waals surface area contributed by atoms with Gasteiger partial charge in [0.1, 0.15) is 17.3 Å². The van der Waals surface area contributed by atoms with E-state index in [9.17, 15) is 14.0 Å². The van der Waals surface area contributed by atoms with Gasteiger partial charge in [-0.05, 0) is 150 Å². The number of nitrogens with zero attached hydrogens (tertiary/aromatic N) is 2. The fraction of sp³-hybridized carbons (Fsp3) is 0.362. The summed E-state index contributed by atoms with van der Waals surface area (Å²) in [6, 6.07) is 25.7.